The van der Waals surface area contributed by atoms with E-state index in [4.69, 9.17) is 4.74 Å². The molecule has 0 amide bonds. The van der Waals surface area contributed by atoms with Gasteiger partial charge in [0.1, 0.15) is 0 Å². The van der Waals surface area contributed by atoms with E-state index in [1.54, 1.807) is 0 Å². The summed E-state index contributed by atoms with van der Waals surface area (Å²) in [6.45, 7) is 2.56. The fraction of sp³-hybridized carbons (Fsp3) is 0.500. The van der Waals surface area contributed by atoms with E-state index < -0.39 is 17.9 Å². The first-order chi connectivity index (χ1) is 11.1. The Morgan fingerprint density at radius 3 is 2.35 bits per heavy atom. The van der Waals surface area contributed by atoms with Crippen LogP contribution in [0.4, 0.5) is 0 Å². The first-order valence-corrected chi connectivity index (χ1v) is 8.21. The Labute approximate surface area is 136 Å². The van der Waals surface area contributed by atoms with Crippen LogP contribution in [-0.4, -0.2) is 24.5 Å². The third-order valence-corrected chi connectivity index (χ3v) is 3.86. The number of carbonyl (C=O) groups is 3. The predicted octanol–water partition coefficient (Wildman–Crippen LogP) is 3.90. The van der Waals surface area contributed by atoms with E-state index in [1.165, 1.54) is 43.9 Å². The SMILES string of the molecule is CCCCCCCCCOC(=O)c1ccc2c(c1)C(=O)OC2=O. The Hall–Kier alpha value is -2.17. The maximum absolute atomic E-state index is 11.9. The van der Waals surface area contributed by atoms with Gasteiger partial charge in [-0.05, 0) is 24.6 Å². The normalized spacial score (nSPS) is 12.9. The largest absolute Gasteiger partial charge is 0.462 e. The van der Waals surface area contributed by atoms with Crippen LogP contribution in [0.1, 0.15) is 82.9 Å². The number of ether oxygens (including phenoxy) is 2. The van der Waals surface area contributed by atoms with Crippen molar-refractivity contribution in [1.29, 1.82) is 0 Å². The Kier molecular flexibility index (Phi) is 6.32. The zero-order chi connectivity index (χ0) is 16.7. The molecule has 1 heterocycles. The lowest BCUT2D eigenvalue weighted by Crippen LogP contribution is -2.08. The summed E-state index contributed by atoms with van der Waals surface area (Å²) in [5.41, 5.74) is 0.581. The van der Waals surface area contributed by atoms with Crippen LogP contribution in [-0.2, 0) is 9.47 Å². The van der Waals surface area contributed by atoms with Gasteiger partial charge in [-0.1, -0.05) is 45.4 Å². The van der Waals surface area contributed by atoms with Gasteiger partial charge in [-0.25, -0.2) is 14.4 Å². The quantitative estimate of drug-likeness (QED) is 0.392. The van der Waals surface area contributed by atoms with Crippen molar-refractivity contribution in [2.75, 3.05) is 6.61 Å². The molecule has 0 aromatic heterocycles. The molecule has 0 radical (unpaired) electrons. The van der Waals surface area contributed by atoms with Crippen molar-refractivity contribution < 1.29 is 23.9 Å². The number of carbonyl (C=O) groups excluding carboxylic acids is 3. The van der Waals surface area contributed by atoms with Gasteiger partial charge in [0.05, 0.1) is 23.3 Å². The van der Waals surface area contributed by atoms with Crippen LogP contribution in [0.25, 0.3) is 0 Å². The first kappa shape index (κ1) is 17.2. The van der Waals surface area contributed by atoms with Crippen molar-refractivity contribution in [2.45, 2.75) is 51.9 Å². The molecule has 0 saturated carbocycles. The predicted molar refractivity (Wildman–Crippen MR) is 84.5 cm³/mol. The average molecular weight is 318 g/mol. The van der Waals surface area contributed by atoms with Crippen LogP contribution in [0, 0.1) is 0 Å². The van der Waals surface area contributed by atoms with Gasteiger partial charge >= 0.3 is 17.9 Å². The molecule has 0 N–H and O–H groups in total. The van der Waals surface area contributed by atoms with Crippen molar-refractivity contribution >= 4 is 17.9 Å². The molecule has 2 rings (SSSR count). The summed E-state index contributed by atoms with van der Waals surface area (Å²) in [6, 6.07) is 4.26. The highest BCUT2D eigenvalue weighted by Crippen LogP contribution is 2.21. The average Bonchev–Trinajstić information content (AvgIpc) is 2.84. The topological polar surface area (TPSA) is 69.7 Å². The molecule has 124 valence electrons. The third-order valence-electron chi connectivity index (χ3n) is 3.86. The second-order valence-electron chi connectivity index (χ2n) is 5.69. The number of fused-ring (bicyclic) bond motifs is 1. The van der Waals surface area contributed by atoms with Gasteiger partial charge in [0.25, 0.3) is 0 Å². The van der Waals surface area contributed by atoms with Gasteiger partial charge in [-0.3, -0.25) is 0 Å². The Balaban J connectivity index is 1.73. The van der Waals surface area contributed by atoms with Gasteiger partial charge in [-0.2, -0.15) is 0 Å². The van der Waals surface area contributed by atoms with E-state index in [2.05, 4.69) is 11.7 Å². The van der Waals surface area contributed by atoms with E-state index in [0.29, 0.717) is 6.61 Å². The highest BCUT2D eigenvalue weighted by molar-refractivity contribution is 6.15. The Morgan fingerprint density at radius 2 is 1.61 bits per heavy atom. The fourth-order valence-corrected chi connectivity index (χ4v) is 2.52. The van der Waals surface area contributed by atoms with Crippen LogP contribution < -0.4 is 0 Å². The molecule has 0 atom stereocenters. The number of hydrogen-bond acceptors (Lipinski definition) is 5. The number of cyclic esters (lactones) is 2. The number of benzene rings is 1. The molecule has 1 aliphatic rings. The molecule has 0 aliphatic carbocycles. The molecule has 1 aromatic carbocycles. The molecule has 0 bridgehead atoms. The van der Waals surface area contributed by atoms with Crippen molar-refractivity contribution in [3.63, 3.8) is 0 Å². The van der Waals surface area contributed by atoms with Crippen molar-refractivity contribution in [2.24, 2.45) is 0 Å². The summed E-state index contributed by atoms with van der Waals surface area (Å²) in [5, 5.41) is 0. The smallest absolute Gasteiger partial charge is 0.346 e. The molecule has 5 nitrogen and oxygen atoms in total. The van der Waals surface area contributed by atoms with Crippen LogP contribution in [0.3, 0.4) is 0 Å². The molecular weight excluding hydrogens is 296 g/mol. The van der Waals surface area contributed by atoms with Gasteiger partial charge < -0.3 is 9.47 Å². The Morgan fingerprint density at radius 1 is 0.957 bits per heavy atom. The molecule has 1 aromatic rings. The van der Waals surface area contributed by atoms with Crippen LogP contribution in [0.5, 0.6) is 0 Å². The number of hydrogen-bond donors (Lipinski definition) is 0. The lowest BCUT2D eigenvalue weighted by atomic mass is 10.1. The fourth-order valence-electron chi connectivity index (χ4n) is 2.52. The standard InChI is InChI=1S/C18H22O5/c1-2-3-4-5-6-7-8-11-22-16(19)13-9-10-14-15(12-13)18(21)23-17(14)20/h9-10,12H,2-8,11H2,1H3. The van der Waals surface area contributed by atoms with E-state index in [1.807, 2.05) is 0 Å². The second kappa shape index (κ2) is 8.46. The van der Waals surface area contributed by atoms with Crippen molar-refractivity contribution in [1.82, 2.24) is 0 Å². The van der Waals surface area contributed by atoms with Crippen LogP contribution in [0.15, 0.2) is 18.2 Å². The molecule has 0 saturated heterocycles. The maximum atomic E-state index is 11.9. The number of rotatable bonds is 9. The monoisotopic (exact) mass is 318 g/mol. The van der Waals surface area contributed by atoms with Crippen LogP contribution >= 0.6 is 0 Å². The minimum Gasteiger partial charge on any atom is -0.462 e. The highest BCUT2D eigenvalue weighted by atomic mass is 16.6. The second-order valence-corrected chi connectivity index (χ2v) is 5.69. The van der Waals surface area contributed by atoms with Gasteiger partial charge in [0, 0.05) is 0 Å². The molecule has 1 aliphatic heterocycles. The van der Waals surface area contributed by atoms with Gasteiger partial charge in [-0.15, -0.1) is 0 Å². The summed E-state index contributed by atoms with van der Waals surface area (Å²) in [5.74, 6) is -1.87. The zero-order valence-electron chi connectivity index (χ0n) is 13.4. The van der Waals surface area contributed by atoms with Crippen LogP contribution in [0.2, 0.25) is 0 Å². The number of esters is 3. The summed E-state index contributed by atoms with van der Waals surface area (Å²) in [7, 11) is 0. The third kappa shape index (κ3) is 4.65. The van der Waals surface area contributed by atoms with Gasteiger partial charge in [0.2, 0.25) is 0 Å². The minimum atomic E-state index is -0.716. The van der Waals surface area contributed by atoms with E-state index in [0.717, 1.165) is 19.3 Å². The Bertz CT molecular complexity index is 591. The van der Waals surface area contributed by atoms with Gasteiger partial charge in [0.15, 0.2) is 0 Å². The number of unbranched alkanes of at least 4 members (excludes halogenated alkanes) is 6. The first-order valence-electron chi connectivity index (χ1n) is 8.21. The zero-order valence-corrected chi connectivity index (χ0v) is 13.4. The maximum Gasteiger partial charge on any atom is 0.346 e. The lowest BCUT2D eigenvalue weighted by molar-refractivity contribution is 0.0442. The van der Waals surface area contributed by atoms with Crippen molar-refractivity contribution in [3.8, 4) is 0 Å². The van der Waals surface area contributed by atoms with E-state index in [-0.39, 0.29) is 16.7 Å². The molecular formula is C18H22O5. The molecule has 0 spiro atoms. The highest BCUT2D eigenvalue weighted by Gasteiger charge is 2.30. The van der Waals surface area contributed by atoms with E-state index >= 15 is 0 Å². The summed E-state index contributed by atoms with van der Waals surface area (Å²) in [4.78, 5) is 34.7. The summed E-state index contributed by atoms with van der Waals surface area (Å²) in [6.07, 6.45) is 8.04. The summed E-state index contributed by atoms with van der Waals surface area (Å²) >= 11 is 0. The minimum absolute atomic E-state index is 0.125. The molecule has 23 heavy (non-hydrogen) atoms. The summed E-state index contributed by atoms with van der Waals surface area (Å²) < 4.78 is 9.69. The lowest BCUT2D eigenvalue weighted by Gasteiger charge is -2.05. The molecule has 5 heteroatoms. The van der Waals surface area contributed by atoms with E-state index in [9.17, 15) is 14.4 Å². The molecule has 0 unspecified atom stereocenters. The molecule has 0 fully saturated rings. The van der Waals surface area contributed by atoms with Crippen molar-refractivity contribution in [3.05, 3.63) is 34.9 Å².